The number of ketones is 1. The van der Waals surface area contributed by atoms with Crippen LogP contribution in [0.15, 0.2) is 78.9 Å². The van der Waals surface area contributed by atoms with Crippen molar-refractivity contribution < 1.29 is 4.79 Å². The second-order valence-electron chi connectivity index (χ2n) is 6.27. The molecule has 0 amide bonds. The maximum Gasteiger partial charge on any atom is 0.170 e. The van der Waals surface area contributed by atoms with Crippen LogP contribution in [-0.2, 0) is 6.42 Å². The molecule has 3 aromatic rings. The highest BCUT2D eigenvalue weighted by Gasteiger charge is 2.24. The molecule has 0 radical (unpaired) electrons. The van der Waals surface area contributed by atoms with Gasteiger partial charge in [0.1, 0.15) is 0 Å². The zero-order valence-electron chi connectivity index (χ0n) is 14.2. The summed E-state index contributed by atoms with van der Waals surface area (Å²) in [5.74, 6) is 0.0304. The standard InChI is InChI=1S/C23H22O/c1-17-10-6-8-14-20(17)16-22(21-15-9-7-11-18(21)2)23(24)19-12-4-3-5-13-19/h3-15,22H,16H2,1-2H3. The van der Waals surface area contributed by atoms with E-state index in [1.807, 2.05) is 54.6 Å². The molecule has 120 valence electrons. The Morgan fingerprint density at radius 3 is 2.00 bits per heavy atom. The number of rotatable bonds is 5. The third-order valence-electron chi connectivity index (χ3n) is 4.62. The van der Waals surface area contributed by atoms with Crippen molar-refractivity contribution in [3.8, 4) is 0 Å². The zero-order valence-corrected chi connectivity index (χ0v) is 14.2. The lowest BCUT2D eigenvalue weighted by Crippen LogP contribution is -2.17. The Balaban J connectivity index is 2.03. The predicted molar refractivity (Wildman–Crippen MR) is 99.6 cm³/mol. The molecule has 0 aromatic heterocycles. The van der Waals surface area contributed by atoms with Gasteiger partial charge in [0.2, 0.25) is 0 Å². The fourth-order valence-corrected chi connectivity index (χ4v) is 3.18. The van der Waals surface area contributed by atoms with Gasteiger partial charge in [0.25, 0.3) is 0 Å². The van der Waals surface area contributed by atoms with Gasteiger partial charge < -0.3 is 0 Å². The lowest BCUT2D eigenvalue weighted by atomic mass is 9.83. The van der Waals surface area contributed by atoms with Gasteiger partial charge in [-0.2, -0.15) is 0 Å². The van der Waals surface area contributed by atoms with E-state index >= 15 is 0 Å². The number of hydrogen-bond acceptors (Lipinski definition) is 1. The van der Waals surface area contributed by atoms with Crippen LogP contribution in [0.1, 0.15) is 38.5 Å². The molecular weight excluding hydrogens is 292 g/mol. The first-order valence-electron chi connectivity index (χ1n) is 8.36. The van der Waals surface area contributed by atoms with Crippen molar-refractivity contribution in [3.63, 3.8) is 0 Å². The molecule has 0 saturated carbocycles. The molecule has 0 saturated heterocycles. The number of carbonyl (C=O) groups excluding carboxylic acids is 1. The van der Waals surface area contributed by atoms with Crippen LogP contribution in [0, 0.1) is 13.8 Å². The first kappa shape index (κ1) is 16.2. The SMILES string of the molecule is Cc1ccccc1CC(C(=O)c1ccccc1)c1ccccc1C. The summed E-state index contributed by atoms with van der Waals surface area (Å²) in [5, 5.41) is 0. The van der Waals surface area contributed by atoms with Crippen LogP contribution >= 0.6 is 0 Å². The largest absolute Gasteiger partial charge is 0.293 e. The normalized spacial score (nSPS) is 11.9. The average Bonchev–Trinajstić information content (AvgIpc) is 2.62. The summed E-state index contributed by atoms with van der Waals surface area (Å²) in [7, 11) is 0. The maximum atomic E-state index is 13.2. The van der Waals surface area contributed by atoms with E-state index in [2.05, 4.69) is 38.1 Å². The van der Waals surface area contributed by atoms with Gasteiger partial charge >= 0.3 is 0 Å². The minimum atomic E-state index is -0.158. The Morgan fingerprint density at radius 1 is 0.750 bits per heavy atom. The number of carbonyl (C=O) groups is 1. The zero-order chi connectivity index (χ0) is 16.9. The quantitative estimate of drug-likeness (QED) is 0.567. The molecule has 1 heteroatoms. The molecule has 1 atom stereocenters. The Bertz CT molecular complexity index is 833. The molecule has 0 aliphatic heterocycles. The molecule has 1 unspecified atom stereocenters. The third-order valence-corrected chi connectivity index (χ3v) is 4.62. The van der Waals surface area contributed by atoms with Crippen LogP contribution in [0.4, 0.5) is 0 Å². The Labute approximate surface area is 144 Å². The van der Waals surface area contributed by atoms with E-state index < -0.39 is 0 Å². The molecule has 24 heavy (non-hydrogen) atoms. The monoisotopic (exact) mass is 314 g/mol. The van der Waals surface area contributed by atoms with Crippen molar-refractivity contribution in [1.82, 2.24) is 0 Å². The van der Waals surface area contributed by atoms with Crippen LogP contribution in [0.25, 0.3) is 0 Å². The molecule has 0 fully saturated rings. The minimum Gasteiger partial charge on any atom is -0.293 e. The number of benzene rings is 3. The molecule has 0 heterocycles. The molecule has 1 nitrogen and oxygen atoms in total. The van der Waals surface area contributed by atoms with E-state index in [9.17, 15) is 4.79 Å². The van der Waals surface area contributed by atoms with Crippen LogP contribution in [0.3, 0.4) is 0 Å². The second-order valence-corrected chi connectivity index (χ2v) is 6.27. The summed E-state index contributed by atoms with van der Waals surface area (Å²) in [6.07, 6.45) is 0.727. The van der Waals surface area contributed by atoms with Gasteiger partial charge in [-0.1, -0.05) is 78.9 Å². The van der Waals surface area contributed by atoms with Gasteiger partial charge in [0, 0.05) is 5.56 Å². The van der Waals surface area contributed by atoms with Gasteiger partial charge in [0.05, 0.1) is 5.92 Å². The van der Waals surface area contributed by atoms with E-state index in [4.69, 9.17) is 0 Å². The van der Waals surface area contributed by atoms with Crippen molar-refractivity contribution in [3.05, 3.63) is 107 Å². The Kier molecular flexibility index (Phi) is 4.90. The lowest BCUT2D eigenvalue weighted by molar-refractivity contribution is 0.0958. The highest BCUT2D eigenvalue weighted by Crippen LogP contribution is 2.28. The summed E-state index contributed by atoms with van der Waals surface area (Å²) in [6, 6.07) is 26.1. The van der Waals surface area contributed by atoms with E-state index in [1.54, 1.807) is 0 Å². The highest BCUT2D eigenvalue weighted by atomic mass is 16.1. The topological polar surface area (TPSA) is 17.1 Å². The van der Waals surface area contributed by atoms with Gasteiger partial charge in [-0.15, -0.1) is 0 Å². The maximum absolute atomic E-state index is 13.2. The number of Topliss-reactive ketones (excluding diaryl/α,β-unsaturated/α-hetero) is 1. The smallest absolute Gasteiger partial charge is 0.170 e. The van der Waals surface area contributed by atoms with E-state index in [0.29, 0.717) is 0 Å². The summed E-state index contributed by atoms with van der Waals surface area (Å²) in [6.45, 7) is 4.19. The molecule has 3 aromatic carbocycles. The van der Waals surface area contributed by atoms with Crippen LogP contribution in [0.5, 0.6) is 0 Å². The first-order chi connectivity index (χ1) is 11.7. The fourth-order valence-electron chi connectivity index (χ4n) is 3.18. The van der Waals surface area contributed by atoms with Gasteiger partial charge in [0.15, 0.2) is 5.78 Å². The summed E-state index contributed by atoms with van der Waals surface area (Å²) < 4.78 is 0. The summed E-state index contributed by atoms with van der Waals surface area (Å²) in [4.78, 5) is 13.2. The van der Waals surface area contributed by atoms with E-state index in [1.165, 1.54) is 16.7 Å². The fraction of sp³-hybridized carbons (Fsp3) is 0.174. The first-order valence-corrected chi connectivity index (χ1v) is 8.36. The van der Waals surface area contributed by atoms with Gasteiger partial charge in [-0.25, -0.2) is 0 Å². The minimum absolute atomic E-state index is 0.158. The molecule has 0 spiro atoms. The van der Waals surface area contributed by atoms with E-state index in [0.717, 1.165) is 17.5 Å². The summed E-state index contributed by atoms with van der Waals surface area (Å²) >= 11 is 0. The third kappa shape index (κ3) is 3.46. The van der Waals surface area contributed by atoms with Crippen molar-refractivity contribution in [1.29, 1.82) is 0 Å². The highest BCUT2D eigenvalue weighted by molar-refractivity contribution is 6.01. The number of aryl methyl sites for hydroxylation is 2. The van der Waals surface area contributed by atoms with Crippen LogP contribution in [0.2, 0.25) is 0 Å². The van der Waals surface area contributed by atoms with Crippen molar-refractivity contribution in [2.75, 3.05) is 0 Å². The number of hydrogen-bond donors (Lipinski definition) is 0. The van der Waals surface area contributed by atoms with Crippen LogP contribution < -0.4 is 0 Å². The van der Waals surface area contributed by atoms with Gasteiger partial charge in [-0.3, -0.25) is 4.79 Å². The molecule has 0 aliphatic rings. The predicted octanol–water partition coefficient (Wildman–Crippen LogP) is 5.51. The Morgan fingerprint density at radius 2 is 1.33 bits per heavy atom. The van der Waals surface area contributed by atoms with Crippen molar-refractivity contribution in [2.24, 2.45) is 0 Å². The molecular formula is C23H22O. The van der Waals surface area contributed by atoms with E-state index in [-0.39, 0.29) is 11.7 Å². The second kappa shape index (κ2) is 7.27. The molecule has 0 aliphatic carbocycles. The van der Waals surface area contributed by atoms with Crippen molar-refractivity contribution >= 4 is 5.78 Å². The van der Waals surface area contributed by atoms with Crippen LogP contribution in [-0.4, -0.2) is 5.78 Å². The lowest BCUT2D eigenvalue weighted by Gasteiger charge is -2.20. The molecule has 0 bridgehead atoms. The Hall–Kier alpha value is -2.67. The summed E-state index contributed by atoms with van der Waals surface area (Å²) in [5.41, 5.74) is 5.53. The molecule has 0 N–H and O–H groups in total. The van der Waals surface area contributed by atoms with Crippen molar-refractivity contribution in [2.45, 2.75) is 26.2 Å². The molecule has 3 rings (SSSR count). The average molecular weight is 314 g/mol. The van der Waals surface area contributed by atoms with Gasteiger partial charge in [-0.05, 0) is 42.5 Å².